The largest absolute Gasteiger partial charge is 0.399 e. The van der Waals surface area contributed by atoms with Crippen molar-refractivity contribution in [2.24, 2.45) is 0 Å². The molecule has 0 fully saturated rings. The van der Waals surface area contributed by atoms with Gasteiger partial charge in [-0.3, -0.25) is 4.79 Å². The topological polar surface area (TPSA) is 55.1 Å². The van der Waals surface area contributed by atoms with Crippen LogP contribution in [0.1, 0.15) is 0 Å². The molecule has 3 nitrogen and oxygen atoms in total. The third-order valence-corrected chi connectivity index (χ3v) is 4.91. The number of amides is 1. The summed E-state index contributed by atoms with van der Waals surface area (Å²) >= 11 is 8.27. The quantitative estimate of drug-likeness (QED) is 0.569. The van der Waals surface area contributed by atoms with Crippen LogP contribution in [0.2, 0.25) is 0 Å². The average molecular weight is 416 g/mol. The first-order valence-electron chi connectivity index (χ1n) is 5.78. The molecular weight excluding hydrogens is 404 g/mol. The Balaban J connectivity index is 1.92. The van der Waals surface area contributed by atoms with E-state index in [2.05, 4.69) is 37.2 Å². The predicted octanol–water partition coefficient (Wildman–Crippen LogP) is 4.52. The van der Waals surface area contributed by atoms with Gasteiger partial charge in [-0.15, -0.1) is 11.8 Å². The smallest absolute Gasteiger partial charge is 0.234 e. The Hall–Kier alpha value is -0.980. The maximum Gasteiger partial charge on any atom is 0.234 e. The van der Waals surface area contributed by atoms with Crippen LogP contribution in [0.3, 0.4) is 0 Å². The van der Waals surface area contributed by atoms with Gasteiger partial charge < -0.3 is 11.1 Å². The van der Waals surface area contributed by atoms with Gasteiger partial charge in [0.1, 0.15) is 0 Å². The molecule has 0 aliphatic heterocycles. The standard InChI is InChI=1S/C14H12Br2N2OS/c15-9-2-1-3-11(6-9)18-14(19)8-20-13-5-4-10(17)7-12(13)16/h1-7H,8,17H2,(H,18,19). The van der Waals surface area contributed by atoms with Gasteiger partial charge in [0.15, 0.2) is 0 Å². The minimum atomic E-state index is -0.0446. The fraction of sp³-hybridized carbons (Fsp3) is 0.0714. The molecule has 6 heteroatoms. The van der Waals surface area contributed by atoms with Crippen LogP contribution in [-0.4, -0.2) is 11.7 Å². The van der Waals surface area contributed by atoms with Crippen LogP contribution < -0.4 is 11.1 Å². The zero-order valence-electron chi connectivity index (χ0n) is 10.4. The van der Waals surface area contributed by atoms with E-state index in [1.54, 1.807) is 0 Å². The van der Waals surface area contributed by atoms with E-state index < -0.39 is 0 Å². The van der Waals surface area contributed by atoms with E-state index in [1.807, 2.05) is 42.5 Å². The van der Waals surface area contributed by atoms with Gasteiger partial charge in [-0.05, 0) is 52.3 Å². The molecule has 0 heterocycles. The van der Waals surface area contributed by atoms with Crippen LogP contribution in [0.25, 0.3) is 0 Å². The maximum atomic E-state index is 11.9. The molecule has 0 saturated carbocycles. The fourth-order valence-corrected chi connectivity index (χ4v) is 3.40. The molecular formula is C14H12Br2N2OS. The highest BCUT2D eigenvalue weighted by Crippen LogP contribution is 2.29. The number of nitrogens with two attached hydrogens (primary N) is 1. The number of hydrogen-bond acceptors (Lipinski definition) is 3. The third kappa shape index (κ3) is 4.54. The lowest BCUT2D eigenvalue weighted by atomic mass is 10.3. The lowest BCUT2D eigenvalue weighted by Crippen LogP contribution is -2.13. The van der Waals surface area contributed by atoms with E-state index in [0.29, 0.717) is 11.4 Å². The van der Waals surface area contributed by atoms with Gasteiger partial charge in [0.05, 0.1) is 5.75 Å². The van der Waals surface area contributed by atoms with E-state index in [9.17, 15) is 4.79 Å². The fourth-order valence-electron chi connectivity index (χ4n) is 1.54. The molecule has 0 atom stereocenters. The maximum absolute atomic E-state index is 11.9. The average Bonchev–Trinajstić information content (AvgIpc) is 2.37. The Kier molecular flexibility index (Phi) is 5.51. The minimum Gasteiger partial charge on any atom is -0.399 e. The highest BCUT2D eigenvalue weighted by Gasteiger charge is 2.06. The highest BCUT2D eigenvalue weighted by atomic mass is 79.9. The van der Waals surface area contributed by atoms with Crippen molar-refractivity contribution in [3.8, 4) is 0 Å². The van der Waals surface area contributed by atoms with E-state index >= 15 is 0 Å². The van der Waals surface area contributed by atoms with Crippen molar-refractivity contribution in [3.05, 3.63) is 51.4 Å². The van der Waals surface area contributed by atoms with Crippen LogP contribution >= 0.6 is 43.6 Å². The number of carbonyl (C=O) groups excluding carboxylic acids is 1. The molecule has 0 unspecified atom stereocenters. The van der Waals surface area contributed by atoms with Crippen molar-refractivity contribution < 1.29 is 4.79 Å². The van der Waals surface area contributed by atoms with Crippen molar-refractivity contribution >= 4 is 60.9 Å². The first-order chi connectivity index (χ1) is 9.54. The van der Waals surface area contributed by atoms with Crippen molar-refractivity contribution in [1.29, 1.82) is 0 Å². The first-order valence-corrected chi connectivity index (χ1v) is 8.35. The third-order valence-electron chi connectivity index (χ3n) is 2.42. The van der Waals surface area contributed by atoms with Crippen LogP contribution in [0.15, 0.2) is 56.3 Å². The summed E-state index contributed by atoms with van der Waals surface area (Å²) in [4.78, 5) is 12.9. The molecule has 0 radical (unpaired) electrons. The van der Waals surface area contributed by atoms with Crippen LogP contribution in [0.4, 0.5) is 11.4 Å². The number of carbonyl (C=O) groups is 1. The molecule has 0 aromatic heterocycles. The summed E-state index contributed by atoms with van der Waals surface area (Å²) in [7, 11) is 0. The number of nitrogens with one attached hydrogen (secondary N) is 1. The summed E-state index contributed by atoms with van der Waals surface area (Å²) < 4.78 is 1.84. The number of halogens is 2. The predicted molar refractivity (Wildman–Crippen MR) is 92.1 cm³/mol. The zero-order valence-corrected chi connectivity index (χ0v) is 14.4. The van der Waals surface area contributed by atoms with Crippen molar-refractivity contribution in [3.63, 3.8) is 0 Å². The van der Waals surface area contributed by atoms with Crippen molar-refractivity contribution in [1.82, 2.24) is 0 Å². The second-order valence-corrected chi connectivity index (χ2v) is 6.82. The Morgan fingerprint density at radius 3 is 2.70 bits per heavy atom. The van der Waals surface area contributed by atoms with Gasteiger partial charge in [0.25, 0.3) is 0 Å². The van der Waals surface area contributed by atoms with Crippen molar-refractivity contribution in [2.75, 3.05) is 16.8 Å². The molecule has 0 bridgehead atoms. The second-order valence-electron chi connectivity index (χ2n) is 4.04. The van der Waals surface area contributed by atoms with E-state index in [4.69, 9.17) is 5.73 Å². The molecule has 104 valence electrons. The highest BCUT2D eigenvalue weighted by molar-refractivity contribution is 9.10. The van der Waals surface area contributed by atoms with Crippen LogP contribution in [0.5, 0.6) is 0 Å². The summed E-state index contributed by atoms with van der Waals surface area (Å²) in [6.07, 6.45) is 0. The summed E-state index contributed by atoms with van der Waals surface area (Å²) in [6.45, 7) is 0. The van der Waals surface area contributed by atoms with Gasteiger partial charge in [-0.25, -0.2) is 0 Å². The molecule has 20 heavy (non-hydrogen) atoms. The molecule has 2 aromatic carbocycles. The molecule has 2 rings (SSSR count). The van der Waals surface area contributed by atoms with E-state index in [1.165, 1.54) is 11.8 Å². The lowest BCUT2D eigenvalue weighted by Gasteiger charge is -2.07. The van der Waals surface area contributed by atoms with Gasteiger partial charge in [-0.1, -0.05) is 22.0 Å². The van der Waals surface area contributed by atoms with Crippen LogP contribution in [-0.2, 0) is 4.79 Å². The van der Waals surface area contributed by atoms with Crippen molar-refractivity contribution in [2.45, 2.75) is 4.90 Å². The molecule has 1 amide bonds. The molecule has 0 spiro atoms. The molecule has 3 N–H and O–H groups in total. The Morgan fingerprint density at radius 1 is 1.20 bits per heavy atom. The Morgan fingerprint density at radius 2 is 2.00 bits per heavy atom. The number of thioether (sulfide) groups is 1. The van der Waals surface area contributed by atoms with Gasteiger partial charge >= 0.3 is 0 Å². The number of benzene rings is 2. The van der Waals surface area contributed by atoms with Gasteiger partial charge in [0.2, 0.25) is 5.91 Å². The summed E-state index contributed by atoms with van der Waals surface area (Å²) in [5.41, 5.74) is 7.15. The zero-order chi connectivity index (χ0) is 14.5. The monoisotopic (exact) mass is 414 g/mol. The first kappa shape index (κ1) is 15.4. The molecule has 0 saturated heterocycles. The molecule has 0 aliphatic rings. The number of nitrogen functional groups attached to an aromatic ring is 1. The molecule has 2 aromatic rings. The summed E-state index contributed by atoms with van der Waals surface area (Å²) in [5, 5.41) is 2.85. The number of anilines is 2. The Bertz CT molecular complexity index is 634. The Labute approximate surface area is 138 Å². The lowest BCUT2D eigenvalue weighted by molar-refractivity contribution is -0.113. The minimum absolute atomic E-state index is 0.0446. The second kappa shape index (κ2) is 7.15. The van der Waals surface area contributed by atoms with Gasteiger partial charge in [0, 0.05) is 25.2 Å². The van der Waals surface area contributed by atoms with E-state index in [-0.39, 0.29) is 5.91 Å². The van der Waals surface area contributed by atoms with Crippen LogP contribution in [0, 0.1) is 0 Å². The SMILES string of the molecule is Nc1ccc(SCC(=O)Nc2cccc(Br)c2)c(Br)c1. The number of rotatable bonds is 4. The summed E-state index contributed by atoms with van der Waals surface area (Å²) in [6, 6.07) is 13.1. The number of hydrogen-bond donors (Lipinski definition) is 2. The molecule has 0 aliphatic carbocycles. The van der Waals surface area contributed by atoms with E-state index in [0.717, 1.165) is 19.5 Å². The normalized spacial score (nSPS) is 10.3. The van der Waals surface area contributed by atoms with Gasteiger partial charge in [-0.2, -0.15) is 0 Å². The summed E-state index contributed by atoms with van der Waals surface area (Å²) in [5.74, 6) is 0.298.